The van der Waals surface area contributed by atoms with Crippen molar-refractivity contribution in [3.8, 4) is 0 Å². The van der Waals surface area contributed by atoms with Crippen LogP contribution in [0.15, 0.2) is 4.99 Å². The van der Waals surface area contributed by atoms with Gasteiger partial charge in [0.25, 0.3) is 0 Å². The van der Waals surface area contributed by atoms with Gasteiger partial charge in [-0.05, 0) is 0 Å². The highest BCUT2D eigenvalue weighted by atomic mass is 16.4. The van der Waals surface area contributed by atoms with Crippen LogP contribution in [-0.2, 0) is 0 Å². The molecule has 1 heterocycles. The van der Waals surface area contributed by atoms with Crippen molar-refractivity contribution in [1.82, 2.24) is 5.32 Å². The molecule has 42 valence electrons. The molecular formula is C3H9N3O. The van der Waals surface area contributed by atoms with E-state index in [1.54, 1.807) is 6.34 Å². The monoisotopic (exact) mass is 103 g/mol. The summed E-state index contributed by atoms with van der Waals surface area (Å²) in [6.45, 7) is 1.99. The summed E-state index contributed by atoms with van der Waals surface area (Å²) in [4.78, 5) is 3.85. The molecule has 0 spiro atoms. The van der Waals surface area contributed by atoms with E-state index in [9.17, 15) is 0 Å². The fourth-order valence-corrected chi connectivity index (χ4v) is 0.323. The largest absolute Gasteiger partial charge is 0.637 e. The average Bonchev–Trinajstić information content (AvgIpc) is 2.23. The quantitative estimate of drug-likeness (QED) is 0.360. The Bertz CT molecular complexity index is 48.1. The van der Waals surface area contributed by atoms with Crippen molar-refractivity contribution in [3.05, 3.63) is 5.21 Å². The third kappa shape index (κ3) is 3.21. The SMILES string of the molecule is C1=NCCN1.[NH3+][O-]. The minimum atomic E-state index is 0.958. The fourth-order valence-electron chi connectivity index (χ4n) is 0.323. The van der Waals surface area contributed by atoms with Crippen LogP contribution in [0.3, 0.4) is 0 Å². The van der Waals surface area contributed by atoms with E-state index in [0.717, 1.165) is 13.1 Å². The number of nitrogens with one attached hydrogen (secondary N) is 1. The van der Waals surface area contributed by atoms with E-state index in [1.807, 2.05) is 5.90 Å². The van der Waals surface area contributed by atoms with Crippen LogP contribution in [0.1, 0.15) is 0 Å². The molecule has 1 rings (SSSR count). The zero-order valence-electron chi connectivity index (χ0n) is 4.05. The summed E-state index contributed by atoms with van der Waals surface area (Å²) in [5.74, 6) is 2.00. The topological polar surface area (TPSA) is 75.1 Å². The Balaban J connectivity index is 0.000000162. The molecule has 4 N–H and O–H groups in total. The van der Waals surface area contributed by atoms with Crippen molar-refractivity contribution in [3.63, 3.8) is 0 Å². The molecule has 7 heavy (non-hydrogen) atoms. The van der Waals surface area contributed by atoms with Gasteiger partial charge in [-0.15, -0.1) is 0 Å². The summed E-state index contributed by atoms with van der Waals surface area (Å²) in [5.41, 5.74) is 0. The molecule has 0 aliphatic carbocycles. The second-order valence-electron chi connectivity index (χ2n) is 0.989. The van der Waals surface area contributed by atoms with Gasteiger partial charge in [-0.2, -0.15) is 0 Å². The van der Waals surface area contributed by atoms with E-state index in [2.05, 4.69) is 10.3 Å². The molecule has 1 aliphatic heterocycles. The van der Waals surface area contributed by atoms with E-state index >= 15 is 0 Å². The first kappa shape index (κ1) is 6.39. The molecular weight excluding hydrogens is 94.1 g/mol. The number of hydrogen-bond donors (Lipinski definition) is 2. The standard InChI is InChI=1S/C3H6N2.H3NO/c1-2-5-3-4-1;1-2/h3H,1-2H2,(H,4,5);1H3. The lowest BCUT2D eigenvalue weighted by molar-refractivity contribution is -0.275. The maximum Gasteiger partial charge on any atom is 0.0825 e. The molecule has 0 amide bonds. The predicted molar refractivity (Wildman–Crippen MR) is 27.6 cm³/mol. The Kier molecular flexibility index (Phi) is 4.92. The first-order valence-electron chi connectivity index (χ1n) is 2.01. The highest BCUT2D eigenvalue weighted by molar-refractivity contribution is 5.56. The summed E-state index contributed by atoms with van der Waals surface area (Å²) < 4.78 is 0. The van der Waals surface area contributed by atoms with Crippen molar-refractivity contribution < 1.29 is 5.90 Å². The molecule has 0 aromatic rings. The van der Waals surface area contributed by atoms with Crippen LogP contribution in [-0.4, -0.2) is 19.4 Å². The molecule has 0 saturated carbocycles. The van der Waals surface area contributed by atoms with Gasteiger partial charge in [0.2, 0.25) is 0 Å². The molecule has 0 unspecified atom stereocenters. The summed E-state index contributed by atoms with van der Waals surface area (Å²) in [6.07, 6.45) is 1.74. The number of hydrogen-bond acceptors (Lipinski definition) is 3. The van der Waals surface area contributed by atoms with Gasteiger partial charge in [-0.1, -0.05) is 0 Å². The minimum Gasteiger partial charge on any atom is -0.637 e. The van der Waals surface area contributed by atoms with Crippen LogP contribution in [0.5, 0.6) is 0 Å². The average molecular weight is 103 g/mol. The Hall–Kier alpha value is -0.610. The smallest absolute Gasteiger partial charge is 0.0825 e. The van der Waals surface area contributed by atoms with Gasteiger partial charge in [-0.25, -0.2) is 0 Å². The highest BCUT2D eigenvalue weighted by Gasteiger charge is 1.82. The summed E-state index contributed by atoms with van der Waals surface area (Å²) in [7, 11) is 0. The highest BCUT2D eigenvalue weighted by Crippen LogP contribution is 1.68. The number of rotatable bonds is 0. The molecule has 1 aliphatic rings. The molecule has 4 heteroatoms. The zero-order valence-corrected chi connectivity index (χ0v) is 4.05. The van der Waals surface area contributed by atoms with Gasteiger partial charge in [0.05, 0.1) is 12.9 Å². The van der Waals surface area contributed by atoms with Crippen LogP contribution in [0.25, 0.3) is 0 Å². The maximum absolute atomic E-state index is 8.00. The van der Waals surface area contributed by atoms with Crippen LogP contribution >= 0.6 is 0 Å². The van der Waals surface area contributed by atoms with Crippen LogP contribution in [0.2, 0.25) is 0 Å². The van der Waals surface area contributed by atoms with Gasteiger partial charge in [0.15, 0.2) is 0 Å². The normalized spacial score (nSPS) is 14.6. The lowest BCUT2D eigenvalue weighted by Gasteiger charge is -1.75. The first-order chi connectivity index (χ1) is 3.50. The molecule has 0 aromatic heterocycles. The second-order valence-corrected chi connectivity index (χ2v) is 0.989. The van der Waals surface area contributed by atoms with Crippen molar-refractivity contribution in [2.75, 3.05) is 13.1 Å². The van der Waals surface area contributed by atoms with E-state index in [1.165, 1.54) is 0 Å². The van der Waals surface area contributed by atoms with Gasteiger partial charge < -0.3 is 16.4 Å². The minimum absolute atomic E-state index is 0.958. The Morgan fingerprint density at radius 3 is 2.57 bits per heavy atom. The number of nitrogens with zero attached hydrogens (tertiary/aromatic N) is 1. The molecule has 4 nitrogen and oxygen atoms in total. The first-order valence-corrected chi connectivity index (χ1v) is 2.01. The fraction of sp³-hybridized carbons (Fsp3) is 0.667. The van der Waals surface area contributed by atoms with Gasteiger partial charge in [0, 0.05) is 6.54 Å². The predicted octanol–water partition coefficient (Wildman–Crippen LogP) is -1.66. The summed E-state index contributed by atoms with van der Waals surface area (Å²) in [6, 6.07) is 0. The molecule has 0 aromatic carbocycles. The van der Waals surface area contributed by atoms with Crippen molar-refractivity contribution in [1.29, 1.82) is 0 Å². The van der Waals surface area contributed by atoms with E-state index in [-0.39, 0.29) is 0 Å². The zero-order chi connectivity index (χ0) is 5.54. The van der Waals surface area contributed by atoms with Crippen molar-refractivity contribution in [2.45, 2.75) is 0 Å². The Morgan fingerprint density at radius 1 is 1.71 bits per heavy atom. The second kappa shape index (κ2) is 5.39. The lowest BCUT2D eigenvalue weighted by Crippen LogP contribution is -2.37. The maximum atomic E-state index is 8.00. The van der Waals surface area contributed by atoms with E-state index in [4.69, 9.17) is 5.21 Å². The molecule has 0 saturated heterocycles. The third-order valence-electron chi connectivity index (χ3n) is 0.568. The van der Waals surface area contributed by atoms with Crippen molar-refractivity contribution in [2.24, 2.45) is 4.99 Å². The van der Waals surface area contributed by atoms with E-state index in [0.29, 0.717) is 0 Å². The molecule has 0 radical (unpaired) electrons. The van der Waals surface area contributed by atoms with Crippen molar-refractivity contribution >= 4 is 6.34 Å². The summed E-state index contributed by atoms with van der Waals surface area (Å²) in [5, 5.41) is 10.9. The van der Waals surface area contributed by atoms with Gasteiger partial charge >= 0.3 is 0 Å². The third-order valence-corrected chi connectivity index (χ3v) is 0.568. The van der Waals surface area contributed by atoms with Crippen LogP contribution in [0, 0.1) is 5.21 Å². The van der Waals surface area contributed by atoms with Crippen LogP contribution in [0.4, 0.5) is 0 Å². The number of quaternary nitrogens is 1. The lowest BCUT2D eigenvalue weighted by atomic mass is 10.7. The van der Waals surface area contributed by atoms with Gasteiger partial charge in [-0.3, -0.25) is 4.99 Å². The summed E-state index contributed by atoms with van der Waals surface area (Å²) >= 11 is 0. The Labute approximate surface area is 42.0 Å². The van der Waals surface area contributed by atoms with Gasteiger partial charge in [0.1, 0.15) is 0 Å². The molecule has 0 bridgehead atoms. The molecule has 0 atom stereocenters. The Morgan fingerprint density at radius 2 is 2.43 bits per heavy atom. The van der Waals surface area contributed by atoms with E-state index < -0.39 is 0 Å². The number of aliphatic imine (C=N–C) groups is 1. The van der Waals surface area contributed by atoms with Crippen LogP contribution < -0.4 is 11.2 Å². The molecule has 0 fully saturated rings.